The van der Waals surface area contributed by atoms with E-state index < -0.39 is 0 Å². The van der Waals surface area contributed by atoms with Crippen LogP contribution in [0.1, 0.15) is 55.7 Å². The molecule has 2 aliphatic rings. The van der Waals surface area contributed by atoms with Crippen molar-refractivity contribution in [2.75, 3.05) is 25.0 Å². The highest BCUT2D eigenvalue weighted by Crippen LogP contribution is 2.32. The van der Waals surface area contributed by atoms with Crippen LogP contribution in [0.2, 0.25) is 0 Å². The number of anilines is 1. The smallest absolute Gasteiger partial charge is 0.252 e. The Kier molecular flexibility index (Phi) is 5.97. The number of nitrogens with one attached hydrogen (secondary N) is 1. The van der Waals surface area contributed by atoms with E-state index >= 15 is 0 Å². The maximum absolute atomic E-state index is 12.6. The lowest BCUT2D eigenvalue weighted by atomic mass is 9.94. The second-order valence-electron chi connectivity index (χ2n) is 8.39. The Bertz CT molecular complexity index is 889. The number of aromatic nitrogens is 2. The number of rotatable bonds is 6. The number of likely N-dealkylation sites (N-methyl/N-ethyl adjacent to an activating group) is 1. The minimum atomic E-state index is -0.153. The zero-order valence-electron chi connectivity index (χ0n) is 17.1. The van der Waals surface area contributed by atoms with E-state index in [-0.39, 0.29) is 17.4 Å². The first-order valence-corrected chi connectivity index (χ1v) is 10.8. The van der Waals surface area contributed by atoms with Gasteiger partial charge in [-0.25, -0.2) is 4.98 Å². The van der Waals surface area contributed by atoms with Crippen molar-refractivity contribution in [3.05, 3.63) is 58.0 Å². The zero-order chi connectivity index (χ0) is 20.2. The molecule has 29 heavy (non-hydrogen) atoms. The third kappa shape index (κ3) is 4.69. The summed E-state index contributed by atoms with van der Waals surface area (Å²) in [5, 5.41) is 0. The molecule has 1 saturated carbocycles. The average molecular weight is 395 g/mol. The number of H-pyrrole nitrogens is 1. The first kappa shape index (κ1) is 19.7. The Balaban J connectivity index is 1.45. The largest absolute Gasteiger partial charge is 0.345 e. The third-order valence-electron chi connectivity index (χ3n) is 6.28. The van der Waals surface area contributed by atoms with Crippen LogP contribution in [0.15, 0.2) is 41.2 Å². The zero-order valence-corrected chi connectivity index (χ0v) is 17.1. The Hall–Kier alpha value is -2.63. The predicted octanol–water partition coefficient (Wildman–Crippen LogP) is 3.10. The van der Waals surface area contributed by atoms with Crippen molar-refractivity contribution in [3.63, 3.8) is 0 Å². The van der Waals surface area contributed by atoms with Crippen LogP contribution >= 0.6 is 0 Å². The molecule has 1 aliphatic heterocycles. The third-order valence-corrected chi connectivity index (χ3v) is 6.28. The van der Waals surface area contributed by atoms with Gasteiger partial charge in [-0.3, -0.25) is 14.6 Å². The van der Waals surface area contributed by atoms with Crippen LogP contribution in [-0.4, -0.2) is 47.0 Å². The molecule has 0 spiro atoms. The number of amides is 1. The predicted molar refractivity (Wildman–Crippen MR) is 114 cm³/mol. The summed E-state index contributed by atoms with van der Waals surface area (Å²) >= 11 is 0. The van der Waals surface area contributed by atoms with E-state index in [0.717, 1.165) is 31.5 Å². The van der Waals surface area contributed by atoms with Crippen LogP contribution in [0.5, 0.6) is 0 Å². The van der Waals surface area contributed by atoms with Gasteiger partial charge < -0.3 is 9.80 Å². The van der Waals surface area contributed by atoms with Gasteiger partial charge in [-0.2, -0.15) is 0 Å². The van der Waals surface area contributed by atoms with E-state index in [1.54, 1.807) is 6.07 Å². The van der Waals surface area contributed by atoms with Gasteiger partial charge in [0, 0.05) is 44.6 Å². The molecule has 1 atom stereocenters. The Morgan fingerprint density at radius 1 is 1.14 bits per heavy atom. The molecule has 1 amide bonds. The maximum atomic E-state index is 12.6. The molecule has 2 fully saturated rings. The topological polar surface area (TPSA) is 69.3 Å². The number of benzene rings is 1. The second kappa shape index (κ2) is 8.80. The molecular weight excluding hydrogens is 364 g/mol. The molecule has 1 saturated heterocycles. The summed E-state index contributed by atoms with van der Waals surface area (Å²) in [4.78, 5) is 36.5. The van der Waals surface area contributed by atoms with Crippen molar-refractivity contribution in [2.24, 2.45) is 0 Å². The van der Waals surface area contributed by atoms with Gasteiger partial charge in [0.05, 0.1) is 5.69 Å². The molecule has 1 aromatic heterocycles. The Labute approximate surface area is 172 Å². The van der Waals surface area contributed by atoms with Gasteiger partial charge in [-0.1, -0.05) is 49.6 Å². The second-order valence-corrected chi connectivity index (χ2v) is 8.39. The molecular formula is C23H30N4O2. The van der Waals surface area contributed by atoms with Gasteiger partial charge in [0.1, 0.15) is 0 Å². The van der Waals surface area contributed by atoms with Crippen LogP contribution in [0.3, 0.4) is 0 Å². The molecule has 6 nitrogen and oxygen atoms in total. The Morgan fingerprint density at radius 3 is 2.66 bits per heavy atom. The Morgan fingerprint density at radius 2 is 1.90 bits per heavy atom. The lowest BCUT2D eigenvalue weighted by Gasteiger charge is -2.31. The summed E-state index contributed by atoms with van der Waals surface area (Å²) in [7, 11) is 1.94. The lowest BCUT2D eigenvalue weighted by molar-refractivity contribution is -0.130. The molecule has 0 unspecified atom stereocenters. The molecule has 0 bridgehead atoms. The fraction of sp³-hybridized carbons (Fsp3) is 0.522. The minimum absolute atomic E-state index is 0.00741. The molecule has 1 aliphatic carbocycles. The van der Waals surface area contributed by atoms with E-state index in [9.17, 15) is 9.59 Å². The van der Waals surface area contributed by atoms with Gasteiger partial charge >= 0.3 is 0 Å². The minimum Gasteiger partial charge on any atom is -0.345 e. The number of hydrogen-bond donors (Lipinski definition) is 1. The van der Waals surface area contributed by atoms with Gasteiger partial charge in [0.2, 0.25) is 11.9 Å². The molecule has 4 rings (SSSR count). The highest BCUT2D eigenvalue weighted by atomic mass is 16.2. The van der Waals surface area contributed by atoms with E-state index in [0.29, 0.717) is 25.0 Å². The normalized spacial score (nSPS) is 20.2. The van der Waals surface area contributed by atoms with Crippen molar-refractivity contribution >= 4 is 11.9 Å². The summed E-state index contributed by atoms with van der Waals surface area (Å²) in [5.41, 5.74) is 1.84. The van der Waals surface area contributed by atoms with Crippen LogP contribution in [0.25, 0.3) is 0 Å². The molecule has 0 radical (unpaired) electrons. The molecule has 2 heterocycles. The number of carbonyl (C=O) groups is 1. The molecule has 1 aromatic carbocycles. The first-order valence-electron chi connectivity index (χ1n) is 10.8. The fourth-order valence-corrected chi connectivity index (χ4v) is 4.58. The number of aromatic amines is 1. The number of likely N-dealkylation sites (tertiary alicyclic amines) is 1. The SMILES string of the molecule is CN(CCc1ccccc1)c1nc([C@H]2CC(=O)N(C3CCCCC3)C2)cc(=O)[nH]1. The maximum Gasteiger partial charge on any atom is 0.252 e. The quantitative estimate of drug-likeness (QED) is 0.817. The fourth-order valence-electron chi connectivity index (χ4n) is 4.58. The summed E-state index contributed by atoms with van der Waals surface area (Å²) in [5.74, 6) is 0.794. The monoisotopic (exact) mass is 394 g/mol. The number of hydrogen-bond acceptors (Lipinski definition) is 4. The summed E-state index contributed by atoms with van der Waals surface area (Å²) in [6.07, 6.45) is 7.24. The molecule has 1 N–H and O–H groups in total. The summed E-state index contributed by atoms with van der Waals surface area (Å²) in [6, 6.07) is 12.2. The van der Waals surface area contributed by atoms with Crippen molar-refractivity contribution < 1.29 is 4.79 Å². The molecule has 2 aromatic rings. The van der Waals surface area contributed by atoms with E-state index in [4.69, 9.17) is 4.98 Å². The van der Waals surface area contributed by atoms with Crippen LogP contribution in [-0.2, 0) is 11.2 Å². The standard InChI is InChI=1S/C23H30N4O2/c1-26(13-12-17-8-4-2-5-9-17)23-24-20(15-21(28)25-23)18-14-22(29)27(16-18)19-10-6-3-7-11-19/h2,4-5,8-9,15,18-19H,3,6-7,10-14,16H2,1H3,(H,24,25,28)/t18-/m0/s1. The van der Waals surface area contributed by atoms with E-state index in [1.807, 2.05) is 35.0 Å². The van der Waals surface area contributed by atoms with Gasteiger partial charge in [-0.05, 0) is 24.8 Å². The van der Waals surface area contributed by atoms with E-state index in [2.05, 4.69) is 17.1 Å². The molecule has 6 heteroatoms. The van der Waals surface area contributed by atoms with Crippen molar-refractivity contribution in [1.82, 2.24) is 14.9 Å². The van der Waals surface area contributed by atoms with Crippen LogP contribution in [0, 0.1) is 0 Å². The van der Waals surface area contributed by atoms with E-state index in [1.165, 1.54) is 24.8 Å². The van der Waals surface area contributed by atoms with Gasteiger partial charge in [0.15, 0.2) is 0 Å². The highest BCUT2D eigenvalue weighted by Gasteiger charge is 2.36. The number of carbonyl (C=O) groups excluding carboxylic acids is 1. The number of nitrogens with zero attached hydrogens (tertiary/aromatic N) is 3. The van der Waals surface area contributed by atoms with Gasteiger partial charge in [0.25, 0.3) is 5.56 Å². The lowest BCUT2D eigenvalue weighted by Crippen LogP contribution is -2.37. The van der Waals surface area contributed by atoms with Crippen molar-refractivity contribution in [3.8, 4) is 0 Å². The summed E-state index contributed by atoms with van der Waals surface area (Å²) in [6.45, 7) is 1.45. The first-order chi connectivity index (χ1) is 14.1. The summed E-state index contributed by atoms with van der Waals surface area (Å²) < 4.78 is 0. The average Bonchev–Trinajstić information content (AvgIpc) is 3.14. The van der Waals surface area contributed by atoms with Gasteiger partial charge in [-0.15, -0.1) is 0 Å². The van der Waals surface area contributed by atoms with Crippen LogP contribution in [0.4, 0.5) is 5.95 Å². The van der Waals surface area contributed by atoms with Crippen molar-refractivity contribution in [2.45, 2.75) is 56.9 Å². The van der Waals surface area contributed by atoms with Crippen molar-refractivity contribution in [1.29, 1.82) is 0 Å². The van der Waals surface area contributed by atoms with Crippen LogP contribution < -0.4 is 10.5 Å². The highest BCUT2D eigenvalue weighted by molar-refractivity contribution is 5.80. The molecule has 154 valence electrons.